The molecule has 104 valence electrons. The maximum atomic E-state index is 4.70. The Kier molecular flexibility index (Phi) is 3.44. The summed E-state index contributed by atoms with van der Waals surface area (Å²) in [5.74, 6) is 2.21. The lowest BCUT2D eigenvalue weighted by atomic mass is 10.4. The average molecular weight is 273 g/mol. The molecule has 0 fully saturated rings. The van der Waals surface area contributed by atoms with Gasteiger partial charge in [-0.1, -0.05) is 5.16 Å². The SMILES string of the molecule is CCNc1cn2ccnc2c(NCCc2ncon2)n1. The molecule has 0 atom stereocenters. The highest BCUT2D eigenvalue weighted by Crippen LogP contribution is 2.16. The highest BCUT2D eigenvalue weighted by Gasteiger charge is 2.07. The third kappa shape index (κ3) is 2.53. The van der Waals surface area contributed by atoms with Crippen LogP contribution in [0.1, 0.15) is 12.7 Å². The van der Waals surface area contributed by atoms with Crippen LogP contribution in [0.25, 0.3) is 5.65 Å². The van der Waals surface area contributed by atoms with Crippen molar-refractivity contribution < 1.29 is 4.52 Å². The Hall–Kier alpha value is -2.64. The molecular formula is C12H15N7O. The number of hydrogen-bond acceptors (Lipinski definition) is 7. The van der Waals surface area contributed by atoms with Crippen LogP contribution in [0.4, 0.5) is 11.6 Å². The van der Waals surface area contributed by atoms with Gasteiger partial charge in [-0.2, -0.15) is 4.98 Å². The van der Waals surface area contributed by atoms with Crippen molar-refractivity contribution in [2.45, 2.75) is 13.3 Å². The normalized spacial score (nSPS) is 10.8. The van der Waals surface area contributed by atoms with Crippen molar-refractivity contribution in [3.63, 3.8) is 0 Å². The van der Waals surface area contributed by atoms with Crippen molar-refractivity contribution in [1.29, 1.82) is 0 Å². The van der Waals surface area contributed by atoms with Crippen molar-refractivity contribution in [3.05, 3.63) is 30.8 Å². The molecule has 8 nitrogen and oxygen atoms in total. The van der Waals surface area contributed by atoms with E-state index in [0.717, 1.165) is 23.8 Å². The quantitative estimate of drug-likeness (QED) is 0.697. The van der Waals surface area contributed by atoms with Crippen molar-refractivity contribution in [2.24, 2.45) is 0 Å². The summed E-state index contributed by atoms with van der Waals surface area (Å²) < 4.78 is 6.63. The van der Waals surface area contributed by atoms with Gasteiger partial charge in [0.1, 0.15) is 5.82 Å². The minimum absolute atomic E-state index is 0.657. The lowest BCUT2D eigenvalue weighted by Crippen LogP contribution is -2.10. The van der Waals surface area contributed by atoms with Crippen molar-refractivity contribution >= 4 is 17.3 Å². The van der Waals surface area contributed by atoms with Crippen molar-refractivity contribution in [2.75, 3.05) is 23.7 Å². The fourth-order valence-electron chi connectivity index (χ4n) is 1.91. The Morgan fingerprint density at radius 1 is 1.30 bits per heavy atom. The smallest absolute Gasteiger partial charge is 0.213 e. The number of aromatic nitrogens is 5. The molecule has 0 spiro atoms. The minimum atomic E-state index is 0.657. The fourth-order valence-corrected chi connectivity index (χ4v) is 1.91. The van der Waals surface area contributed by atoms with Gasteiger partial charge in [-0.25, -0.2) is 9.97 Å². The lowest BCUT2D eigenvalue weighted by Gasteiger charge is -2.09. The molecule has 0 radical (unpaired) electrons. The Labute approximate surface area is 115 Å². The van der Waals surface area contributed by atoms with E-state index in [1.807, 2.05) is 23.7 Å². The summed E-state index contributed by atoms with van der Waals surface area (Å²) in [5, 5.41) is 10.2. The van der Waals surface area contributed by atoms with Crippen LogP contribution in [-0.2, 0) is 6.42 Å². The first-order chi connectivity index (χ1) is 9.86. The molecule has 0 aliphatic heterocycles. The molecule has 0 bridgehead atoms. The van der Waals surface area contributed by atoms with Gasteiger partial charge in [0.05, 0.1) is 6.20 Å². The topological polar surface area (TPSA) is 93.2 Å². The van der Waals surface area contributed by atoms with E-state index in [1.165, 1.54) is 6.39 Å². The van der Waals surface area contributed by atoms with Crippen LogP contribution in [0.3, 0.4) is 0 Å². The minimum Gasteiger partial charge on any atom is -0.369 e. The van der Waals surface area contributed by atoms with Gasteiger partial charge in [-0.05, 0) is 6.92 Å². The molecule has 0 aliphatic carbocycles. The second-order valence-corrected chi connectivity index (χ2v) is 4.19. The van der Waals surface area contributed by atoms with E-state index in [2.05, 4.69) is 30.7 Å². The number of rotatable bonds is 6. The van der Waals surface area contributed by atoms with Crippen LogP contribution in [-0.4, -0.2) is 37.6 Å². The van der Waals surface area contributed by atoms with Gasteiger partial charge in [-0.15, -0.1) is 0 Å². The number of imidazole rings is 1. The Bertz CT molecular complexity index is 676. The van der Waals surface area contributed by atoms with Gasteiger partial charge >= 0.3 is 0 Å². The molecule has 0 aliphatic rings. The number of nitrogens with zero attached hydrogens (tertiary/aromatic N) is 5. The van der Waals surface area contributed by atoms with Crippen LogP contribution in [0.5, 0.6) is 0 Å². The predicted molar refractivity (Wildman–Crippen MR) is 73.6 cm³/mol. The lowest BCUT2D eigenvalue weighted by molar-refractivity contribution is 0.410. The Morgan fingerprint density at radius 2 is 2.25 bits per heavy atom. The van der Waals surface area contributed by atoms with Crippen molar-refractivity contribution in [1.82, 2.24) is 24.5 Å². The zero-order chi connectivity index (χ0) is 13.8. The molecule has 20 heavy (non-hydrogen) atoms. The Morgan fingerprint density at radius 3 is 3.05 bits per heavy atom. The summed E-state index contributed by atoms with van der Waals surface area (Å²) in [4.78, 5) is 12.8. The van der Waals surface area contributed by atoms with Crippen LogP contribution >= 0.6 is 0 Å². The van der Waals surface area contributed by atoms with Crippen LogP contribution in [0.15, 0.2) is 29.5 Å². The summed E-state index contributed by atoms with van der Waals surface area (Å²) in [6.45, 7) is 3.50. The average Bonchev–Trinajstić information content (AvgIpc) is 3.09. The molecule has 3 aromatic heterocycles. The van der Waals surface area contributed by atoms with Crippen LogP contribution < -0.4 is 10.6 Å². The second kappa shape index (κ2) is 5.55. The number of hydrogen-bond donors (Lipinski definition) is 2. The van der Waals surface area contributed by atoms with Crippen LogP contribution in [0.2, 0.25) is 0 Å². The zero-order valence-electron chi connectivity index (χ0n) is 11.1. The van der Waals surface area contributed by atoms with E-state index in [4.69, 9.17) is 4.52 Å². The van der Waals surface area contributed by atoms with Gasteiger partial charge in [0.25, 0.3) is 0 Å². The third-order valence-electron chi connectivity index (χ3n) is 2.78. The number of anilines is 2. The van der Waals surface area contributed by atoms with Crippen molar-refractivity contribution in [3.8, 4) is 0 Å². The fraction of sp³-hybridized carbons (Fsp3) is 0.333. The van der Waals surface area contributed by atoms with Gasteiger partial charge in [0, 0.05) is 31.9 Å². The number of fused-ring (bicyclic) bond motifs is 1. The molecule has 8 heteroatoms. The van der Waals surface area contributed by atoms with Gasteiger partial charge in [0.2, 0.25) is 6.39 Å². The highest BCUT2D eigenvalue weighted by molar-refractivity contribution is 5.65. The third-order valence-corrected chi connectivity index (χ3v) is 2.78. The maximum Gasteiger partial charge on any atom is 0.213 e. The first-order valence-electron chi connectivity index (χ1n) is 6.43. The molecule has 0 unspecified atom stereocenters. The summed E-state index contributed by atoms with van der Waals surface area (Å²) in [5.41, 5.74) is 0.791. The molecule has 3 aromatic rings. The predicted octanol–water partition coefficient (Wildman–Crippen LogP) is 1.20. The maximum absolute atomic E-state index is 4.70. The highest BCUT2D eigenvalue weighted by atomic mass is 16.5. The van der Waals surface area contributed by atoms with E-state index in [1.54, 1.807) is 6.20 Å². The first kappa shape index (κ1) is 12.4. The van der Waals surface area contributed by atoms with Gasteiger partial charge < -0.3 is 19.6 Å². The van der Waals surface area contributed by atoms with E-state index >= 15 is 0 Å². The molecule has 3 rings (SSSR count). The molecular weight excluding hydrogens is 258 g/mol. The van der Waals surface area contributed by atoms with E-state index in [-0.39, 0.29) is 0 Å². The van der Waals surface area contributed by atoms with Gasteiger partial charge in [0.15, 0.2) is 17.3 Å². The molecule has 0 amide bonds. The molecule has 0 saturated carbocycles. The summed E-state index contributed by atoms with van der Waals surface area (Å²) in [7, 11) is 0. The Balaban J connectivity index is 1.76. The monoisotopic (exact) mass is 273 g/mol. The summed E-state index contributed by atoms with van der Waals surface area (Å²) >= 11 is 0. The van der Waals surface area contributed by atoms with Crippen LogP contribution in [0, 0.1) is 0 Å². The van der Waals surface area contributed by atoms with Gasteiger partial charge in [-0.3, -0.25) is 0 Å². The molecule has 0 saturated heterocycles. The molecule has 0 aromatic carbocycles. The second-order valence-electron chi connectivity index (χ2n) is 4.19. The zero-order valence-corrected chi connectivity index (χ0v) is 11.1. The molecule has 2 N–H and O–H groups in total. The largest absolute Gasteiger partial charge is 0.369 e. The summed E-state index contributed by atoms with van der Waals surface area (Å²) in [6, 6.07) is 0. The van der Waals surface area contributed by atoms with E-state index in [9.17, 15) is 0 Å². The first-order valence-corrected chi connectivity index (χ1v) is 6.43. The van der Waals surface area contributed by atoms with E-state index in [0.29, 0.717) is 18.8 Å². The van der Waals surface area contributed by atoms with E-state index < -0.39 is 0 Å². The standard InChI is InChI=1S/C12H15N7O/c1-2-13-10-7-19-6-5-15-12(19)11(17-10)14-4-3-9-16-8-20-18-9/h5-8,13H,2-4H2,1H3,(H,14,17). The number of nitrogens with one attached hydrogen (secondary N) is 2. The molecule has 3 heterocycles. The summed E-state index contributed by atoms with van der Waals surface area (Å²) in [6.07, 6.45) is 7.54.